The highest BCUT2D eigenvalue weighted by molar-refractivity contribution is 4.92. The van der Waals surface area contributed by atoms with E-state index in [2.05, 4.69) is 16.1 Å². The number of nitrogens with one attached hydrogen (secondary N) is 1. The summed E-state index contributed by atoms with van der Waals surface area (Å²) in [5.41, 5.74) is -0.421. The van der Waals surface area contributed by atoms with Gasteiger partial charge in [-0.1, -0.05) is 18.8 Å². The van der Waals surface area contributed by atoms with Crippen LogP contribution in [-0.2, 0) is 0 Å². The molecule has 1 aliphatic heterocycles. The third-order valence-corrected chi connectivity index (χ3v) is 4.16. The molecule has 2 rings (SSSR count). The second-order valence-corrected chi connectivity index (χ2v) is 5.57. The number of likely N-dealkylation sites (tertiary alicyclic amines) is 1. The summed E-state index contributed by atoms with van der Waals surface area (Å²) >= 11 is 0. The number of piperidine rings is 1. The van der Waals surface area contributed by atoms with Crippen LogP contribution in [0.5, 0.6) is 0 Å². The number of hydrogen-bond donors (Lipinski definition) is 2. The monoisotopic (exact) mass is 236 g/mol. The first-order valence-corrected chi connectivity index (χ1v) is 6.83. The van der Waals surface area contributed by atoms with Crippen LogP contribution in [0, 0.1) is 12.3 Å². The van der Waals surface area contributed by atoms with Crippen LogP contribution in [0.3, 0.4) is 0 Å². The molecule has 2 fully saturated rings. The molecular weight excluding hydrogens is 212 g/mol. The van der Waals surface area contributed by atoms with Gasteiger partial charge in [-0.25, -0.2) is 0 Å². The summed E-state index contributed by atoms with van der Waals surface area (Å²) in [5.74, 6) is 2.70. The van der Waals surface area contributed by atoms with Gasteiger partial charge in [0.25, 0.3) is 0 Å². The fourth-order valence-electron chi connectivity index (χ4n) is 2.97. The Bertz CT molecular complexity index is 270. The number of rotatable bonds is 4. The average Bonchev–Trinajstić information content (AvgIpc) is 2.76. The Hall–Kier alpha value is -0.560. The summed E-state index contributed by atoms with van der Waals surface area (Å²) in [7, 11) is 0. The normalized spacial score (nSPS) is 25.9. The molecule has 3 nitrogen and oxygen atoms in total. The Balaban J connectivity index is 1.66. The first-order valence-electron chi connectivity index (χ1n) is 6.83. The van der Waals surface area contributed by atoms with Crippen LogP contribution in [0.4, 0.5) is 0 Å². The van der Waals surface area contributed by atoms with E-state index < -0.39 is 5.60 Å². The van der Waals surface area contributed by atoms with Crippen molar-refractivity contribution >= 4 is 0 Å². The molecule has 17 heavy (non-hydrogen) atoms. The highest BCUT2D eigenvalue weighted by Crippen LogP contribution is 2.28. The van der Waals surface area contributed by atoms with Crippen molar-refractivity contribution in [2.24, 2.45) is 0 Å². The van der Waals surface area contributed by atoms with E-state index in [1.54, 1.807) is 0 Å². The van der Waals surface area contributed by atoms with Gasteiger partial charge < -0.3 is 10.4 Å². The van der Waals surface area contributed by atoms with Gasteiger partial charge in [-0.3, -0.25) is 4.90 Å². The molecular formula is C14H24N2O. The summed E-state index contributed by atoms with van der Waals surface area (Å²) in [6, 6.07) is 0.564. The van der Waals surface area contributed by atoms with Gasteiger partial charge in [0.15, 0.2) is 0 Å². The van der Waals surface area contributed by atoms with Gasteiger partial charge in [-0.2, -0.15) is 0 Å². The molecule has 96 valence electrons. The van der Waals surface area contributed by atoms with E-state index in [1.165, 1.54) is 12.8 Å². The summed E-state index contributed by atoms with van der Waals surface area (Å²) in [6.07, 6.45) is 11.9. The fraction of sp³-hybridized carbons (Fsp3) is 0.857. The van der Waals surface area contributed by atoms with Crippen LogP contribution in [0.1, 0.15) is 38.5 Å². The van der Waals surface area contributed by atoms with E-state index >= 15 is 0 Å². The first kappa shape index (κ1) is 12.9. The molecule has 0 atom stereocenters. The molecule has 0 aromatic carbocycles. The molecule has 0 bridgehead atoms. The van der Waals surface area contributed by atoms with Gasteiger partial charge in [0.2, 0.25) is 0 Å². The second-order valence-electron chi connectivity index (χ2n) is 5.57. The fourth-order valence-corrected chi connectivity index (χ4v) is 2.97. The van der Waals surface area contributed by atoms with Crippen molar-refractivity contribution in [3.05, 3.63) is 0 Å². The van der Waals surface area contributed by atoms with Crippen molar-refractivity contribution in [3.63, 3.8) is 0 Å². The van der Waals surface area contributed by atoms with Gasteiger partial charge in [0.05, 0.1) is 12.1 Å². The third kappa shape index (κ3) is 3.70. The minimum Gasteiger partial charge on any atom is -0.389 e. The lowest BCUT2D eigenvalue weighted by Gasteiger charge is -2.33. The lowest BCUT2D eigenvalue weighted by atomic mass is 10.00. The molecule has 3 heteroatoms. The Morgan fingerprint density at radius 3 is 2.53 bits per heavy atom. The van der Waals surface area contributed by atoms with Crippen molar-refractivity contribution in [1.82, 2.24) is 10.2 Å². The molecule has 2 N–H and O–H groups in total. The lowest BCUT2D eigenvalue weighted by Crippen LogP contribution is -2.47. The topological polar surface area (TPSA) is 35.5 Å². The van der Waals surface area contributed by atoms with Crippen LogP contribution >= 0.6 is 0 Å². The Morgan fingerprint density at radius 2 is 1.94 bits per heavy atom. The average molecular weight is 236 g/mol. The Labute approximate surface area is 105 Å². The highest BCUT2D eigenvalue weighted by Gasteiger charge is 2.31. The molecule has 1 aliphatic carbocycles. The summed E-state index contributed by atoms with van der Waals surface area (Å²) in [4.78, 5) is 2.32. The zero-order valence-electron chi connectivity index (χ0n) is 10.6. The van der Waals surface area contributed by atoms with Crippen molar-refractivity contribution in [3.8, 4) is 12.3 Å². The van der Waals surface area contributed by atoms with Gasteiger partial charge in [-0.05, 0) is 25.7 Å². The van der Waals surface area contributed by atoms with Crippen LogP contribution in [0.2, 0.25) is 0 Å². The predicted molar refractivity (Wildman–Crippen MR) is 69.7 cm³/mol. The van der Waals surface area contributed by atoms with Crippen LogP contribution < -0.4 is 5.32 Å². The molecule has 0 aromatic rings. The maximum absolute atomic E-state index is 10.3. The molecule has 0 aromatic heterocycles. The number of terminal acetylenes is 1. The largest absolute Gasteiger partial charge is 0.389 e. The van der Waals surface area contributed by atoms with Crippen molar-refractivity contribution < 1.29 is 5.11 Å². The van der Waals surface area contributed by atoms with Crippen LogP contribution in [-0.4, -0.2) is 47.8 Å². The number of aliphatic hydroxyl groups is 1. The molecule has 0 amide bonds. The van der Waals surface area contributed by atoms with Gasteiger partial charge in [-0.15, -0.1) is 6.42 Å². The SMILES string of the molecule is C#CCN1CCC(NCC2(O)CCCC2)CC1. The summed E-state index contributed by atoms with van der Waals surface area (Å²) in [6.45, 7) is 3.71. The van der Waals surface area contributed by atoms with E-state index in [-0.39, 0.29) is 0 Å². The number of nitrogens with zero attached hydrogens (tertiary/aromatic N) is 1. The quantitative estimate of drug-likeness (QED) is 0.714. The molecule has 1 saturated carbocycles. The summed E-state index contributed by atoms with van der Waals surface area (Å²) in [5, 5.41) is 13.8. The van der Waals surface area contributed by atoms with E-state index in [0.29, 0.717) is 6.04 Å². The smallest absolute Gasteiger partial charge is 0.0771 e. The van der Waals surface area contributed by atoms with Crippen molar-refractivity contribution in [2.45, 2.75) is 50.2 Å². The molecule has 0 unspecified atom stereocenters. The maximum atomic E-state index is 10.3. The van der Waals surface area contributed by atoms with Gasteiger partial charge in [0.1, 0.15) is 0 Å². The molecule has 0 radical (unpaired) electrons. The Kier molecular flexibility index (Phi) is 4.44. The second kappa shape index (κ2) is 5.86. The minimum absolute atomic E-state index is 0.421. The zero-order chi connectivity index (χ0) is 12.1. The van der Waals surface area contributed by atoms with Crippen molar-refractivity contribution in [2.75, 3.05) is 26.2 Å². The lowest BCUT2D eigenvalue weighted by molar-refractivity contribution is 0.0419. The highest BCUT2D eigenvalue weighted by atomic mass is 16.3. The summed E-state index contributed by atoms with van der Waals surface area (Å²) < 4.78 is 0. The predicted octanol–water partition coefficient (Wildman–Crippen LogP) is 0.979. The van der Waals surface area contributed by atoms with E-state index in [1.807, 2.05) is 0 Å². The minimum atomic E-state index is -0.421. The Morgan fingerprint density at radius 1 is 1.29 bits per heavy atom. The molecule has 2 aliphatic rings. The van der Waals surface area contributed by atoms with Crippen molar-refractivity contribution in [1.29, 1.82) is 0 Å². The maximum Gasteiger partial charge on any atom is 0.0771 e. The van der Waals surface area contributed by atoms with Crippen LogP contribution in [0.15, 0.2) is 0 Å². The first-order chi connectivity index (χ1) is 8.22. The number of hydrogen-bond acceptors (Lipinski definition) is 3. The van der Waals surface area contributed by atoms with E-state index in [4.69, 9.17) is 6.42 Å². The molecule has 0 spiro atoms. The zero-order valence-corrected chi connectivity index (χ0v) is 10.6. The van der Waals surface area contributed by atoms with Crippen LogP contribution in [0.25, 0.3) is 0 Å². The van der Waals surface area contributed by atoms with Gasteiger partial charge >= 0.3 is 0 Å². The third-order valence-electron chi connectivity index (χ3n) is 4.16. The standard InChI is InChI=1S/C14H24N2O/c1-2-9-16-10-5-13(6-11-16)15-12-14(17)7-3-4-8-14/h1,13,15,17H,3-12H2. The van der Waals surface area contributed by atoms with E-state index in [0.717, 1.165) is 51.9 Å². The van der Waals surface area contributed by atoms with Gasteiger partial charge in [0, 0.05) is 25.7 Å². The molecule has 1 saturated heterocycles. The molecule has 1 heterocycles. The van der Waals surface area contributed by atoms with E-state index in [9.17, 15) is 5.11 Å².